The fraction of sp³-hybridized carbons (Fsp3) is 0.800. The molecule has 0 aromatic carbocycles. The Balaban J connectivity index is 2.49. The van der Waals surface area contributed by atoms with Gasteiger partial charge in [0.15, 0.2) is 5.54 Å². The Kier molecular flexibility index (Phi) is 4.26. The number of carbonyl (C=O) groups excluding carboxylic acids is 1. The molecule has 16 heavy (non-hydrogen) atoms. The van der Waals surface area contributed by atoms with E-state index in [-0.39, 0.29) is 25.1 Å². The molecule has 0 aliphatic carbocycles. The van der Waals surface area contributed by atoms with Gasteiger partial charge in [-0.3, -0.25) is 4.79 Å². The number of carboxylic acids is 1. The summed E-state index contributed by atoms with van der Waals surface area (Å²) in [6.45, 7) is 4.35. The van der Waals surface area contributed by atoms with E-state index in [4.69, 9.17) is 9.84 Å². The zero-order chi connectivity index (χ0) is 12.2. The van der Waals surface area contributed by atoms with Crippen LogP contribution in [0.3, 0.4) is 0 Å². The van der Waals surface area contributed by atoms with Gasteiger partial charge in [0.2, 0.25) is 5.91 Å². The van der Waals surface area contributed by atoms with E-state index in [0.29, 0.717) is 13.0 Å². The standard InChI is InChI=1S/C10H18N2O4/c1-7(2)11-5-8(13)12-10(9(14)15)3-4-16-6-10/h7,11H,3-6H2,1-2H3,(H,12,13)(H,14,15). The van der Waals surface area contributed by atoms with E-state index >= 15 is 0 Å². The van der Waals surface area contributed by atoms with E-state index in [9.17, 15) is 9.59 Å². The third-order valence-electron chi connectivity index (χ3n) is 2.48. The molecule has 1 aliphatic rings. The molecule has 1 heterocycles. The SMILES string of the molecule is CC(C)NCC(=O)NC1(C(=O)O)CCOC1. The van der Waals surface area contributed by atoms with Crippen molar-refractivity contribution in [3.8, 4) is 0 Å². The van der Waals surface area contributed by atoms with Crippen molar-refractivity contribution in [1.82, 2.24) is 10.6 Å². The minimum absolute atomic E-state index is 0.0375. The van der Waals surface area contributed by atoms with E-state index in [1.54, 1.807) is 0 Å². The van der Waals surface area contributed by atoms with Gasteiger partial charge in [0.25, 0.3) is 0 Å². The van der Waals surface area contributed by atoms with Crippen LogP contribution < -0.4 is 10.6 Å². The average molecular weight is 230 g/mol. The molecule has 6 nitrogen and oxygen atoms in total. The Labute approximate surface area is 94.3 Å². The molecule has 6 heteroatoms. The minimum atomic E-state index is -1.24. The van der Waals surface area contributed by atoms with Gasteiger partial charge in [0, 0.05) is 19.1 Å². The van der Waals surface area contributed by atoms with Gasteiger partial charge in [-0.05, 0) is 0 Å². The van der Waals surface area contributed by atoms with Crippen molar-refractivity contribution < 1.29 is 19.4 Å². The lowest BCUT2D eigenvalue weighted by atomic mass is 9.99. The van der Waals surface area contributed by atoms with E-state index < -0.39 is 11.5 Å². The zero-order valence-electron chi connectivity index (χ0n) is 9.58. The van der Waals surface area contributed by atoms with E-state index in [1.165, 1.54) is 0 Å². The Bertz CT molecular complexity index is 272. The first-order chi connectivity index (χ1) is 7.46. The maximum atomic E-state index is 11.5. The Morgan fingerprint density at radius 3 is 2.62 bits per heavy atom. The third kappa shape index (κ3) is 3.18. The molecule has 0 radical (unpaired) electrons. The lowest BCUT2D eigenvalue weighted by Gasteiger charge is -2.24. The lowest BCUT2D eigenvalue weighted by molar-refractivity contribution is -0.147. The van der Waals surface area contributed by atoms with Crippen LogP contribution in [0.4, 0.5) is 0 Å². The van der Waals surface area contributed by atoms with Crippen molar-refractivity contribution in [2.75, 3.05) is 19.8 Å². The summed E-state index contributed by atoms with van der Waals surface area (Å²) in [7, 11) is 0. The van der Waals surface area contributed by atoms with Crippen molar-refractivity contribution in [3.63, 3.8) is 0 Å². The predicted octanol–water partition coefficient (Wildman–Crippen LogP) is -0.656. The van der Waals surface area contributed by atoms with Crippen LogP contribution in [0.15, 0.2) is 0 Å². The predicted molar refractivity (Wildman–Crippen MR) is 57.1 cm³/mol. The molecule has 3 N–H and O–H groups in total. The molecule has 92 valence electrons. The summed E-state index contributed by atoms with van der Waals surface area (Å²) in [6, 6.07) is 0.186. The van der Waals surface area contributed by atoms with Crippen LogP contribution in [-0.4, -0.2) is 48.3 Å². The fourth-order valence-electron chi connectivity index (χ4n) is 1.49. The molecule has 1 saturated heterocycles. The molecule has 1 amide bonds. The third-order valence-corrected chi connectivity index (χ3v) is 2.48. The Morgan fingerprint density at radius 1 is 1.50 bits per heavy atom. The number of nitrogens with one attached hydrogen (secondary N) is 2. The maximum Gasteiger partial charge on any atom is 0.331 e. The summed E-state index contributed by atoms with van der Waals surface area (Å²) in [5.74, 6) is -1.36. The summed E-state index contributed by atoms with van der Waals surface area (Å²) >= 11 is 0. The smallest absolute Gasteiger partial charge is 0.331 e. The van der Waals surface area contributed by atoms with Gasteiger partial charge >= 0.3 is 5.97 Å². The molecule has 1 fully saturated rings. The Hall–Kier alpha value is -1.14. The maximum absolute atomic E-state index is 11.5. The fourth-order valence-corrected chi connectivity index (χ4v) is 1.49. The first-order valence-corrected chi connectivity index (χ1v) is 5.32. The number of ether oxygens (including phenoxy) is 1. The monoisotopic (exact) mass is 230 g/mol. The van der Waals surface area contributed by atoms with Crippen LogP contribution in [0.1, 0.15) is 20.3 Å². The molecule has 1 unspecified atom stereocenters. The van der Waals surface area contributed by atoms with E-state index in [0.717, 1.165) is 0 Å². The van der Waals surface area contributed by atoms with Crippen molar-refractivity contribution >= 4 is 11.9 Å². The van der Waals surface area contributed by atoms with Crippen molar-refractivity contribution in [1.29, 1.82) is 0 Å². The number of hydrogen-bond donors (Lipinski definition) is 3. The van der Waals surface area contributed by atoms with Crippen LogP contribution >= 0.6 is 0 Å². The second kappa shape index (κ2) is 5.27. The molecule has 0 aromatic heterocycles. The summed E-state index contributed by atoms with van der Waals surface area (Å²) in [6.07, 6.45) is 0.315. The van der Waals surface area contributed by atoms with E-state index in [1.807, 2.05) is 13.8 Å². The number of aliphatic carboxylic acids is 1. The quantitative estimate of drug-likeness (QED) is 0.584. The molecule has 0 aromatic rings. The van der Waals surface area contributed by atoms with Crippen molar-refractivity contribution in [2.24, 2.45) is 0 Å². The second-order valence-corrected chi connectivity index (χ2v) is 4.27. The minimum Gasteiger partial charge on any atom is -0.479 e. The largest absolute Gasteiger partial charge is 0.479 e. The van der Waals surface area contributed by atoms with Gasteiger partial charge in [-0.1, -0.05) is 13.8 Å². The summed E-state index contributed by atoms with van der Waals surface area (Å²) < 4.78 is 5.03. The highest BCUT2D eigenvalue weighted by Crippen LogP contribution is 2.18. The van der Waals surface area contributed by atoms with E-state index in [2.05, 4.69) is 10.6 Å². The van der Waals surface area contributed by atoms with Crippen LogP contribution in [0.25, 0.3) is 0 Å². The highest BCUT2D eigenvalue weighted by molar-refractivity contribution is 5.88. The van der Waals surface area contributed by atoms with Crippen LogP contribution in [-0.2, 0) is 14.3 Å². The number of amides is 1. The summed E-state index contributed by atoms with van der Waals surface area (Å²) in [4.78, 5) is 22.6. The van der Waals surface area contributed by atoms with Crippen molar-refractivity contribution in [3.05, 3.63) is 0 Å². The van der Waals surface area contributed by atoms with Gasteiger partial charge in [0.05, 0.1) is 13.2 Å². The zero-order valence-corrected chi connectivity index (χ0v) is 9.58. The van der Waals surface area contributed by atoms with Gasteiger partial charge in [-0.25, -0.2) is 4.79 Å². The molecule has 0 spiro atoms. The highest BCUT2D eigenvalue weighted by atomic mass is 16.5. The van der Waals surface area contributed by atoms with Crippen LogP contribution in [0.2, 0.25) is 0 Å². The Morgan fingerprint density at radius 2 is 2.19 bits per heavy atom. The molecule has 0 bridgehead atoms. The molecule has 1 atom stereocenters. The lowest BCUT2D eigenvalue weighted by Crippen LogP contribution is -2.57. The summed E-state index contributed by atoms with van der Waals surface area (Å²) in [5, 5.41) is 14.5. The summed E-state index contributed by atoms with van der Waals surface area (Å²) in [5.41, 5.74) is -1.24. The van der Waals surface area contributed by atoms with Crippen LogP contribution in [0.5, 0.6) is 0 Å². The van der Waals surface area contributed by atoms with Gasteiger partial charge in [-0.2, -0.15) is 0 Å². The van der Waals surface area contributed by atoms with Gasteiger partial charge in [0.1, 0.15) is 0 Å². The number of carboxylic acid groups (broad SMARTS) is 1. The molecule has 1 rings (SSSR count). The number of carbonyl (C=O) groups is 2. The topological polar surface area (TPSA) is 87.7 Å². The number of rotatable bonds is 5. The van der Waals surface area contributed by atoms with Crippen molar-refractivity contribution in [2.45, 2.75) is 31.8 Å². The molecular weight excluding hydrogens is 212 g/mol. The number of hydrogen-bond acceptors (Lipinski definition) is 4. The first-order valence-electron chi connectivity index (χ1n) is 5.32. The van der Waals surface area contributed by atoms with Crippen LogP contribution in [0, 0.1) is 0 Å². The highest BCUT2D eigenvalue weighted by Gasteiger charge is 2.43. The average Bonchev–Trinajstić information content (AvgIpc) is 2.64. The second-order valence-electron chi connectivity index (χ2n) is 4.27. The normalized spacial score (nSPS) is 24.7. The molecule has 0 saturated carbocycles. The first kappa shape index (κ1) is 12.9. The van der Waals surface area contributed by atoms with Gasteiger partial charge in [-0.15, -0.1) is 0 Å². The van der Waals surface area contributed by atoms with Gasteiger partial charge < -0.3 is 20.5 Å². The molecule has 1 aliphatic heterocycles. The molecular formula is C10H18N2O4.